The predicted molar refractivity (Wildman–Crippen MR) is 86.5 cm³/mol. The molecule has 0 fully saturated rings. The molecule has 0 aliphatic carbocycles. The van der Waals surface area contributed by atoms with Crippen molar-refractivity contribution in [2.75, 3.05) is 18.9 Å². The number of halogens is 4. The standard InChI is InChI=1S/C16H13F4NO5S/c1-25-10-4-5-11(15(22)26-2)13(8-10)21-27(23,24)14-7-9(16(18,19)20)3-6-12(14)17/h3-8,21H,1-2H3. The highest BCUT2D eigenvalue weighted by molar-refractivity contribution is 7.92. The predicted octanol–water partition coefficient (Wildman–Crippen LogP) is 3.44. The molecule has 11 heteroatoms. The van der Waals surface area contributed by atoms with Crippen LogP contribution in [0.25, 0.3) is 0 Å². The minimum absolute atomic E-state index is 0.143. The van der Waals surface area contributed by atoms with Crippen LogP contribution in [0.4, 0.5) is 23.2 Å². The van der Waals surface area contributed by atoms with Crippen molar-refractivity contribution in [3.63, 3.8) is 0 Å². The Morgan fingerprint density at radius 3 is 2.30 bits per heavy atom. The summed E-state index contributed by atoms with van der Waals surface area (Å²) in [6.07, 6.45) is -4.87. The van der Waals surface area contributed by atoms with Gasteiger partial charge >= 0.3 is 12.1 Å². The summed E-state index contributed by atoms with van der Waals surface area (Å²) in [5.74, 6) is -2.16. The van der Waals surface area contributed by atoms with Crippen LogP contribution >= 0.6 is 0 Å². The van der Waals surface area contributed by atoms with Crippen molar-refractivity contribution >= 4 is 21.7 Å². The average Bonchev–Trinajstić information content (AvgIpc) is 2.59. The van der Waals surface area contributed by atoms with Crippen LogP contribution in [0.2, 0.25) is 0 Å². The molecule has 1 N–H and O–H groups in total. The first kappa shape index (κ1) is 20.5. The smallest absolute Gasteiger partial charge is 0.416 e. The zero-order chi connectivity index (χ0) is 20.4. The molecule has 0 aromatic heterocycles. The third-order valence-electron chi connectivity index (χ3n) is 3.42. The lowest BCUT2D eigenvalue weighted by Crippen LogP contribution is -2.18. The number of alkyl halides is 3. The summed E-state index contributed by atoms with van der Waals surface area (Å²) >= 11 is 0. The van der Waals surface area contributed by atoms with Crippen LogP contribution < -0.4 is 9.46 Å². The Hall–Kier alpha value is -2.82. The number of benzene rings is 2. The van der Waals surface area contributed by atoms with Crippen molar-refractivity contribution in [1.82, 2.24) is 0 Å². The summed E-state index contributed by atoms with van der Waals surface area (Å²) in [6.45, 7) is 0. The Morgan fingerprint density at radius 1 is 1.07 bits per heavy atom. The van der Waals surface area contributed by atoms with Crippen LogP contribution in [0.3, 0.4) is 0 Å². The highest BCUT2D eigenvalue weighted by Crippen LogP contribution is 2.33. The van der Waals surface area contributed by atoms with E-state index in [-0.39, 0.29) is 23.1 Å². The van der Waals surface area contributed by atoms with Gasteiger partial charge in [-0.15, -0.1) is 0 Å². The largest absolute Gasteiger partial charge is 0.497 e. The Balaban J connectivity index is 2.56. The van der Waals surface area contributed by atoms with E-state index in [4.69, 9.17) is 4.74 Å². The monoisotopic (exact) mass is 407 g/mol. The number of hydrogen-bond donors (Lipinski definition) is 1. The second-order valence-electron chi connectivity index (χ2n) is 5.15. The number of anilines is 1. The van der Waals surface area contributed by atoms with Crippen molar-refractivity contribution in [1.29, 1.82) is 0 Å². The van der Waals surface area contributed by atoms with Crippen molar-refractivity contribution < 1.29 is 40.2 Å². The van der Waals surface area contributed by atoms with E-state index in [9.17, 15) is 30.8 Å². The molecule has 27 heavy (non-hydrogen) atoms. The summed E-state index contributed by atoms with van der Waals surface area (Å²) in [7, 11) is -2.48. The molecule has 0 saturated heterocycles. The molecule has 2 aromatic carbocycles. The van der Waals surface area contributed by atoms with Crippen molar-refractivity contribution in [3.05, 3.63) is 53.3 Å². The Bertz CT molecular complexity index is 973. The molecule has 0 bridgehead atoms. The van der Waals surface area contributed by atoms with Gasteiger partial charge in [0.1, 0.15) is 16.5 Å². The van der Waals surface area contributed by atoms with Crippen LogP contribution in [0.1, 0.15) is 15.9 Å². The fourth-order valence-corrected chi connectivity index (χ4v) is 3.28. The van der Waals surface area contributed by atoms with E-state index < -0.39 is 38.4 Å². The van der Waals surface area contributed by atoms with Crippen LogP contribution in [-0.2, 0) is 20.9 Å². The summed E-state index contributed by atoms with van der Waals surface area (Å²) in [4.78, 5) is 10.6. The first-order chi connectivity index (χ1) is 12.5. The van der Waals surface area contributed by atoms with E-state index >= 15 is 0 Å². The van der Waals surface area contributed by atoms with Gasteiger partial charge in [0.05, 0.1) is 31.0 Å². The highest BCUT2D eigenvalue weighted by Gasteiger charge is 2.33. The molecule has 0 aliphatic heterocycles. The molecule has 0 atom stereocenters. The Labute approximate surface area is 151 Å². The number of ether oxygens (including phenoxy) is 2. The molecule has 2 aromatic rings. The minimum Gasteiger partial charge on any atom is -0.497 e. The normalized spacial score (nSPS) is 11.8. The zero-order valence-electron chi connectivity index (χ0n) is 13.9. The number of carbonyl (C=O) groups excluding carboxylic acids is 1. The van der Waals surface area contributed by atoms with Crippen LogP contribution in [-0.4, -0.2) is 28.6 Å². The van der Waals surface area contributed by atoms with Gasteiger partial charge in [0.2, 0.25) is 0 Å². The van der Waals surface area contributed by atoms with E-state index in [0.29, 0.717) is 12.1 Å². The van der Waals surface area contributed by atoms with E-state index in [1.54, 1.807) is 0 Å². The first-order valence-corrected chi connectivity index (χ1v) is 8.64. The van der Waals surface area contributed by atoms with Gasteiger partial charge < -0.3 is 9.47 Å². The number of nitrogens with one attached hydrogen (secondary N) is 1. The molecular formula is C16H13F4NO5S. The van der Waals surface area contributed by atoms with E-state index in [1.807, 2.05) is 4.72 Å². The van der Waals surface area contributed by atoms with Gasteiger partial charge in [-0.25, -0.2) is 17.6 Å². The maximum atomic E-state index is 13.9. The maximum absolute atomic E-state index is 13.9. The molecule has 0 amide bonds. The molecule has 0 heterocycles. The number of hydrogen-bond acceptors (Lipinski definition) is 5. The fraction of sp³-hybridized carbons (Fsp3) is 0.188. The van der Waals surface area contributed by atoms with Gasteiger partial charge in [-0.05, 0) is 30.3 Å². The van der Waals surface area contributed by atoms with E-state index in [1.165, 1.54) is 19.2 Å². The Morgan fingerprint density at radius 2 is 1.74 bits per heavy atom. The van der Waals surface area contributed by atoms with Crippen molar-refractivity contribution in [2.24, 2.45) is 0 Å². The summed E-state index contributed by atoms with van der Waals surface area (Å²) < 4.78 is 88.6. The number of methoxy groups -OCH3 is 2. The van der Waals surface area contributed by atoms with Gasteiger partial charge in [-0.2, -0.15) is 13.2 Å². The van der Waals surface area contributed by atoms with Crippen molar-refractivity contribution in [2.45, 2.75) is 11.1 Å². The third-order valence-corrected chi connectivity index (χ3v) is 4.80. The van der Waals surface area contributed by atoms with E-state index in [2.05, 4.69) is 4.74 Å². The number of rotatable bonds is 5. The molecule has 6 nitrogen and oxygen atoms in total. The quantitative estimate of drug-likeness (QED) is 0.607. The van der Waals surface area contributed by atoms with Crippen molar-refractivity contribution in [3.8, 4) is 5.75 Å². The van der Waals surface area contributed by atoms with Gasteiger partial charge in [0, 0.05) is 6.07 Å². The minimum atomic E-state index is -4.87. The average molecular weight is 407 g/mol. The number of sulfonamides is 1. The number of carbonyl (C=O) groups is 1. The van der Waals surface area contributed by atoms with Gasteiger partial charge in [0.25, 0.3) is 10.0 Å². The van der Waals surface area contributed by atoms with Gasteiger partial charge in [0.15, 0.2) is 0 Å². The van der Waals surface area contributed by atoms with Gasteiger partial charge in [-0.1, -0.05) is 0 Å². The topological polar surface area (TPSA) is 81.7 Å². The zero-order valence-corrected chi connectivity index (χ0v) is 14.7. The first-order valence-electron chi connectivity index (χ1n) is 7.15. The lowest BCUT2D eigenvalue weighted by atomic mass is 10.2. The van der Waals surface area contributed by atoms with Crippen LogP contribution in [0, 0.1) is 5.82 Å². The molecule has 0 aliphatic rings. The summed E-state index contributed by atoms with van der Waals surface area (Å²) in [5, 5.41) is 0. The second kappa shape index (κ2) is 7.43. The Kier molecular flexibility index (Phi) is 5.64. The maximum Gasteiger partial charge on any atom is 0.416 e. The third kappa shape index (κ3) is 4.48. The van der Waals surface area contributed by atoms with Crippen LogP contribution in [0.15, 0.2) is 41.3 Å². The van der Waals surface area contributed by atoms with Crippen LogP contribution in [0.5, 0.6) is 5.75 Å². The molecule has 2 rings (SSSR count). The second-order valence-corrected chi connectivity index (χ2v) is 6.80. The van der Waals surface area contributed by atoms with E-state index in [0.717, 1.165) is 13.2 Å². The number of esters is 1. The highest BCUT2D eigenvalue weighted by atomic mass is 32.2. The SMILES string of the molecule is COC(=O)c1ccc(OC)cc1NS(=O)(=O)c1cc(C(F)(F)F)ccc1F. The molecule has 0 saturated carbocycles. The van der Waals surface area contributed by atoms with Gasteiger partial charge in [-0.3, -0.25) is 4.72 Å². The molecule has 0 radical (unpaired) electrons. The molecule has 0 spiro atoms. The molecule has 0 unspecified atom stereocenters. The lowest BCUT2D eigenvalue weighted by molar-refractivity contribution is -0.137. The molecular weight excluding hydrogens is 394 g/mol. The molecule has 146 valence electrons. The fourth-order valence-electron chi connectivity index (χ4n) is 2.11. The summed E-state index contributed by atoms with van der Waals surface area (Å²) in [6, 6.07) is 4.61. The summed E-state index contributed by atoms with van der Waals surface area (Å²) in [5.41, 5.74) is -1.93. The lowest BCUT2D eigenvalue weighted by Gasteiger charge is -2.14.